The minimum atomic E-state index is -0.100. The summed E-state index contributed by atoms with van der Waals surface area (Å²) in [5, 5.41) is 12.4. The van der Waals surface area contributed by atoms with Crippen LogP contribution >= 0.6 is 27.7 Å². The Labute approximate surface area is 193 Å². The molecule has 2 heterocycles. The Hall–Kier alpha value is -2.97. The first-order chi connectivity index (χ1) is 15.0. The molecule has 156 valence electrons. The maximum Gasteiger partial charge on any atom is 0.234 e. The van der Waals surface area contributed by atoms with Gasteiger partial charge in [-0.05, 0) is 61.4 Å². The van der Waals surface area contributed by atoms with E-state index in [9.17, 15) is 4.79 Å². The fourth-order valence-electron chi connectivity index (χ4n) is 3.13. The van der Waals surface area contributed by atoms with E-state index in [1.165, 1.54) is 11.8 Å². The number of hydrogen-bond acceptors (Lipinski definition) is 5. The number of pyridine rings is 1. The Balaban J connectivity index is 1.59. The van der Waals surface area contributed by atoms with Gasteiger partial charge in [0.15, 0.2) is 11.0 Å². The van der Waals surface area contributed by atoms with Crippen LogP contribution in [0.1, 0.15) is 11.1 Å². The van der Waals surface area contributed by atoms with Crippen molar-refractivity contribution in [3.05, 3.63) is 82.6 Å². The summed E-state index contributed by atoms with van der Waals surface area (Å²) in [6, 6.07) is 17.6. The molecule has 1 N–H and O–H groups in total. The molecule has 6 nitrogen and oxygen atoms in total. The van der Waals surface area contributed by atoms with Gasteiger partial charge in [-0.3, -0.25) is 14.3 Å². The van der Waals surface area contributed by atoms with Gasteiger partial charge in [0, 0.05) is 28.1 Å². The number of carbonyl (C=O) groups excluding carboxylic acids is 1. The van der Waals surface area contributed by atoms with Crippen molar-refractivity contribution in [3.63, 3.8) is 0 Å². The van der Waals surface area contributed by atoms with Gasteiger partial charge in [0.25, 0.3) is 0 Å². The van der Waals surface area contributed by atoms with Crippen LogP contribution in [0.4, 0.5) is 5.69 Å². The molecule has 4 rings (SSSR count). The molecule has 1 amide bonds. The normalized spacial score (nSPS) is 10.8. The smallest absolute Gasteiger partial charge is 0.234 e. The SMILES string of the molecule is Cc1cc(NC(=O)CSc2nnc(-c3ccncc3)n2-c2ccccc2C)ccc1Br. The Morgan fingerprint density at radius 1 is 1.03 bits per heavy atom. The number of para-hydroxylation sites is 1. The van der Waals surface area contributed by atoms with Gasteiger partial charge < -0.3 is 5.32 Å². The van der Waals surface area contributed by atoms with Crippen LogP contribution in [0.3, 0.4) is 0 Å². The average molecular weight is 494 g/mol. The minimum absolute atomic E-state index is 0.100. The van der Waals surface area contributed by atoms with Gasteiger partial charge in [0.05, 0.1) is 11.4 Å². The summed E-state index contributed by atoms with van der Waals surface area (Å²) >= 11 is 4.83. The van der Waals surface area contributed by atoms with E-state index in [2.05, 4.69) is 36.4 Å². The van der Waals surface area contributed by atoms with Gasteiger partial charge >= 0.3 is 0 Å². The lowest BCUT2D eigenvalue weighted by molar-refractivity contribution is -0.113. The lowest BCUT2D eigenvalue weighted by atomic mass is 10.2. The van der Waals surface area contributed by atoms with Crippen LogP contribution in [0.5, 0.6) is 0 Å². The molecule has 0 aliphatic rings. The van der Waals surface area contributed by atoms with Crippen LogP contribution in [0.25, 0.3) is 17.1 Å². The molecule has 0 atom stereocenters. The van der Waals surface area contributed by atoms with Crippen molar-refractivity contribution in [1.29, 1.82) is 0 Å². The van der Waals surface area contributed by atoms with Crippen molar-refractivity contribution in [3.8, 4) is 17.1 Å². The summed E-state index contributed by atoms with van der Waals surface area (Å²) in [7, 11) is 0. The van der Waals surface area contributed by atoms with Gasteiger partial charge in [-0.1, -0.05) is 45.9 Å². The Bertz CT molecular complexity index is 1230. The fourth-order valence-corrected chi connectivity index (χ4v) is 4.12. The number of amides is 1. The highest BCUT2D eigenvalue weighted by molar-refractivity contribution is 9.10. The number of anilines is 1. The predicted octanol–water partition coefficient (Wildman–Crippen LogP) is 5.44. The second kappa shape index (κ2) is 9.45. The monoisotopic (exact) mass is 493 g/mol. The summed E-state index contributed by atoms with van der Waals surface area (Å²) < 4.78 is 3.00. The number of nitrogens with one attached hydrogen (secondary N) is 1. The number of carbonyl (C=O) groups is 1. The summed E-state index contributed by atoms with van der Waals surface area (Å²) in [6.45, 7) is 4.03. The molecule has 2 aromatic heterocycles. The minimum Gasteiger partial charge on any atom is -0.325 e. The fraction of sp³-hybridized carbons (Fsp3) is 0.130. The first-order valence-electron chi connectivity index (χ1n) is 9.63. The van der Waals surface area contributed by atoms with E-state index in [0.717, 1.165) is 32.5 Å². The number of thioether (sulfide) groups is 1. The van der Waals surface area contributed by atoms with Crippen molar-refractivity contribution in [2.75, 3.05) is 11.1 Å². The molecule has 31 heavy (non-hydrogen) atoms. The molecule has 0 spiro atoms. The number of halogens is 1. The highest BCUT2D eigenvalue weighted by Crippen LogP contribution is 2.29. The molecule has 4 aromatic rings. The van der Waals surface area contributed by atoms with E-state index in [0.29, 0.717) is 11.0 Å². The zero-order valence-electron chi connectivity index (χ0n) is 17.0. The Kier molecular flexibility index (Phi) is 6.48. The van der Waals surface area contributed by atoms with Gasteiger partial charge in [-0.2, -0.15) is 0 Å². The summed E-state index contributed by atoms with van der Waals surface area (Å²) in [6.07, 6.45) is 3.46. The highest BCUT2D eigenvalue weighted by atomic mass is 79.9. The molecule has 2 aromatic carbocycles. The number of hydrogen-bond donors (Lipinski definition) is 1. The Morgan fingerprint density at radius 3 is 2.55 bits per heavy atom. The third-order valence-corrected chi connectivity index (χ3v) is 6.52. The first kappa shape index (κ1) is 21.3. The highest BCUT2D eigenvalue weighted by Gasteiger charge is 2.18. The topological polar surface area (TPSA) is 72.7 Å². The molecule has 0 aliphatic heterocycles. The van der Waals surface area contributed by atoms with Gasteiger partial charge in [-0.25, -0.2) is 0 Å². The van der Waals surface area contributed by atoms with E-state index >= 15 is 0 Å². The second-order valence-electron chi connectivity index (χ2n) is 6.96. The van der Waals surface area contributed by atoms with E-state index in [-0.39, 0.29) is 11.7 Å². The Morgan fingerprint density at radius 2 is 1.81 bits per heavy atom. The molecular formula is C23H20BrN5OS. The molecule has 0 aliphatic carbocycles. The molecule has 8 heteroatoms. The summed E-state index contributed by atoms with van der Waals surface area (Å²) in [5.74, 6) is 0.829. The molecule has 0 fully saturated rings. The van der Waals surface area contributed by atoms with Crippen molar-refractivity contribution >= 4 is 39.3 Å². The summed E-state index contributed by atoms with van der Waals surface area (Å²) in [4.78, 5) is 16.7. The van der Waals surface area contributed by atoms with E-state index in [4.69, 9.17) is 0 Å². The first-order valence-corrected chi connectivity index (χ1v) is 11.4. The zero-order chi connectivity index (χ0) is 21.8. The largest absolute Gasteiger partial charge is 0.325 e. The average Bonchev–Trinajstić information content (AvgIpc) is 3.19. The third-order valence-electron chi connectivity index (χ3n) is 4.70. The van der Waals surface area contributed by atoms with Crippen LogP contribution in [0.15, 0.2) is 76.6 Å². The number of aryl methyl sites for hydroxylation is 2. The molecular weight excluding hydrogens is 474 g/mol. The number of rotatable bonds is 6. The van der Waals surface area contributed by atoms with Crippen molar-refractivity contribution in [1.82, 2.24) is 19.7 Å². The number of aromatic nitrogens is 4. The lowest BCUT2D eigenvalue weighted by Crippen LogP contribution is -2.14. The van der Waals surface area contributed by atoms with Gasteiger partial charge in [0.1, 0.15) is 0 Å². The van der Waals surface area contributed by atoms with Crippen LogP contribution < -0.4 is 5.32 Å². The second-order valence-corrected chi connectivity index (χ2v) is 8.76. The third kappa shape index (κ3) is 4.86. The maximum absolute atomic E-state index is 12.6. The molecule has 0 saturated heterocycles. The van der Waals surface area contributed by atoms with Crippen LogP contribution in [-0.4, -0.2) is 31.4 Å². The van der Waals surface area contributed by atoms with Crippen molar-refractivity contribution in [2.45, 2.75) is 19.0 Å². The quantitative estimate of drug-likeness (QED) is 0.362. The van der Waals surface area contributed by atoms with E-state index in [1.54, 1.807) is 12.4 Å². The van der Waals surface area contributed by atoms with Crippen molar-refractivity contribution in [2.24, 2.45) is 0 Å². The molecule has 0 unspecified atom stereocenters. The molecule has 0 bridgehead atoms. The predicted molar refractivity (Wildman–Crippen MR) is 128 cm³/mol. The summed E-state index contributed by atoms with van der Waals surface area (Å²) in [5.41, 5.74) is 4.81. The number of benzene rings is 2. The van der Waals surface area contributed by atoms with Crippen LogP contribution in [-0.2, 0) is 4.79 Å². The maximum atomic E-state index is 12.6. The van der Waals surface area contributed by atoms with E-state index in [1.807, 2.05) is 73.0 Å². The standard InChI is InChI=1S/C23H20BrN5OS/c1-15-5-3-4-6-20(15)29-22(17-9-11-25-12-10-17)27-28-23(29)31-14-21(30)26-18-7-8-19(24)16(2)13-18/h3-13H,14H2,1-2H3,(H,26,30). The molecule has 0 saturated carbocycles. The number of nitrogens with zero attached hydrogens (tertiary/aromatic N) is 4. The molecule has 0 radical (unpaired) electrons. The van der Waals surface area contributed by atoms with Crippen LogP contribution in [0, 0.1) is 13.8 Å². The zero-order valence-corrected chi connectivity index (χ0v) is 19.4. The van der Waals surface area contributed by atoms with E-state index < -0.39 is 0 Å². The van der Waals surface area contributed by atoms with Crippen molar-refractivity contribution < 1.29 is 4.79 Å². The lowest BCUT2D eigenvalue weighted by Gasteiger charge is -2.13. The van der Waals surface area contributed by atoms with Crippen LogP contribution in [0.2, 0.25) is 0 Å². The van der Waals surface area contributed by atoms with Gasteiger partial charge in [0.2, 0.25) is 5.91 Å². The van der Waals surface area contributed by atoms with Gasteiger partial charge in [-0.15, -0.1) is 10.2 Å².